The Morgan fingerprint density at radius 2 is 1.91 bits per heavy atom. The SMILES string of the molecule is COc1cc([C@@H]2CC(=O)C3=C(C2)Nc2onc(C)c2[C@H]3c2ccc(SC)cc2)ccc1O. The van der Waals surface area contributed by atoms with Crippen LogP contribution in [0.25, 0.3) is 0 Å². The van der Waals surface area contributed by atoms with Gasteiger partial charge in [0.2, 0.25) is 5.88 Å². The number of aromatic hydroxyl groups is 1. The molecule has 1 aliphatic carbocycles. The van der Waals surface area contributed by atoms with Gasteiger partial charge in [0, 0.05) is 28.5 Å². The number of methoxy groups -OCH3 is 1. The van der Waals surface area contributed by atoms with Crippen molar-refractivity contribution in [1.29, 1.82) is 0 Å². The largest absolute Gasteiger partial charge is 0.504 e. The highest BCUT2D eigenvalue weighted by atomic mass is 32.2. The van der Waals surface area contributed by atoms with Gasteiger partial charge in [0.05, 0.1) is 18.4 Å². The predicted octanol–water partition coefficient (Wildman–Crippen LogP) is 5.38. The molecule has 2 N–H and O–H groups in total. The number of hydrogen-bond donors (Lipinski definition) is 2. The average molecular weight is 449 g/mol. The Morgan fingerprint density at radius 1 is 1.16 bits per heavy atom. The van der Waals surface area contributed by atoms with Gasteiger partial charge in [-0.05, 0) is 60.9 Å². The number of hydrogen-bond acceptors (Lipinski definition) is 7. The number of phenols is 1. The lowest BCUT2D eigenvalue weighted by atomic mass is 9.72. The van der Waals surface area contributed by atoms with Crippen molar-refractivity contribution in [3.63, 3.8) is 0 Å². The van der Waals surface area contributed by atoms with E-state index in [2.05, 4.69) is 34.7 Å². The number of allylic oxidation sites excluding steroid dienone is 2. The van der Waals surface area contributed by atoms with Crippen LogP contribution in [0.3, 0.4) is 0 Å². The van der Waals surface area contributed by atoms with E-state index < -0.39 is 0 Å². The highest BCUT2D eigenvalue weighted by Gasteiger charge is 2.41. The Kier molecular flexibility index (Phi) is 5.21. The summed E-state index contributed by atoms with van der Waals surface area (Å²) in [5, 5.41) is 17.5. The lowest BCUT2D eigenvalue weighted by molar-refractivity contribution is -0.116. The van der Waals surface area contributed by atoms with Crippen LogP contribution in [0.15, 0.2) is 63.2 Å². The first-order chi connectivity index (χ1) is 15.5. The highest BCUT2D eigenvalue weighted by molar-refractivity contribution is 7.98. The molecule has 0 saturated carbocycles. The van der Waals surface area contributed by atoms with E-state index >= 15 is 0 Å². The van der Waals surface area contributed by atoms with E-state index in [9.17, 15) is 9.90 Å². The van der Waals surface area contributed by atoms with Gasteiger partial charge in [0.1, 0.15) is 0 Å². The van der Waals surface area contributed by atoms with Gasteiger partial charge in [-0.1, -0.05) is 23.4 Å². The molecule has 3 aromatic rings. The van der Waals surface area contributed by atoms with Crippen molar-refractivity contribution in [1.82, 2.24) is 5.16 Å². The number of carbonyl (C=O) groups is 1. The topological polar surface area (TPSA) is 84.6 Å². The third kappa shape index (κ3) is 3.37. The Bertz CT molecular complexity index is 1230. The number of anilines is 1. The minimum Gasteiger partial charge on any atom is -0.504 e. The predicted molar refractivity (Wildman–Crippen MR) is 124 cm³/mol. The molecule has 2 atom stereocenters. The zero-order chi connectivity index (χ0) is 22.4. The molecule has 1 aliphatic heterocycles. The Morgan fingerprint density at radius 3 is 2.62 bits per heavy atom. The van der Waals surface area contributed by atoms with Crippen LogP contribution in [0.2, 0.25) is 0 Å². The molecule has 0 saturated heterocycles. The Hall–Kier alpha value is -3.19. The number of aryl methyl sites for hydroxylation is 1. The second-order valence-corrected chi connectivity index (χ2v) is 9.07. The molecule has 32 heavy (non-hydrogen) atoms. The van der Waals surface area contributed by atoms with Gasteiger partial charge in [-0.25, -0.2) is 0 Å². The number of aromatic nitrogens is 1. The van der Waals surface area contributed by atoms with Gasteiger partial charge >= 0.3 is 0 Å². The van der Waals surface area contributed by atoms with Crippen molar-refractivity contribution >= 4 is 23.4 Å². The Labute approximate surface area is 190 Å². The average Bonchev–Trinajstić information content (AvgIpc) is 3.18. The van der Waals surface area contributed by atoms with Crippen molar-refractivity contribution in [3.8, 4) is 11.5 Å². The third-order valence-electron chi connectivity index (χ3n) is 6.38. The first-order valence-electron chi connectivity index (χ1n) is 10.5. The highest BCUT2D eigenvalue weighted by Crippen LogP contribution is 2.49. The van der Waals surface area contributed by atoms with Gasteiger partial charge in [0.15, 0.2) is 17.3 Å². The van der Waals surface area contributed by atoms with Crippen LogP contribution < -0.4 is 10.1 Å². The number of benzene rings is 2. The van der Waals surface area contributed by atoms with Gasteiger partial charge in [0.25, 0.3) is 0 Å². The smallest absolute Gasteiger partial charge is 0.233 e. The number of thioether (sulfide) groups is 1. The van der Waals surface area contributed by atoms with E-state index in [1.165, 1.54) is 12.0 Å². The summed E-state index contributed by atoms with van der Waals surface area (Å²) in [7, 11) is 1.52. The van der Waals surface area contributed by atoms with Crippen LogP contribution in [-0.4, -0.2) is 29.4 Å². The number of carbonyl (C=O) groups excluding carboxylic acids is 1. The molecule has 0 unspecified atom stereocenters. The first-order valence-corrected chi connectivity index (χ1v) is 11.7. The van der Waals surface area contributed by atoms with Gasteiger partial charge < -0.3 is 19.7 Å². The Balaban J connectivity index is 1.58. The van der Waals surface area contributed by atoms with Crippen LogP contribution >= 0.6 is 11.8 Å². The van der Waals surface area contributed by atoms with Crippen molar-refractivity contribution in [2.45, 2.75) is 36.5 Å². The van der Waals surface area contributed by atoms with Crippen LogP contribution in [-0.2, 0) is 4.79 Å². The number of ether oxygens (including phenoxy) is 1. The second kappa shape index (κ2) is 8.06. The molecule has 0 radical (unpaired) electrons. The first kappa shape index (κ1) is 20.7. The lowest BCUT2D eigenvalue weighted by Crippen LogP contribution is -2.29. The molecule has 164 valence electrons. The van der Waals surface area contributed by atoms with E-state index in [4.69, 9.17) is 9.26 Å². The third-order valence-corrected chi connectivity index (χ3v) is 7.13. The maximum absolute atomic E-state index is 13.5. The molecular formula is C25H24N2O4S. The maximum Gasteiger partial charge on any atom is 0.233 e. The van der Waals surface area contributed by atoms with Crippen LogP contribution in [0.1, 0.15) is 47.1 Å². The fourth-order valence-electron chi connectivity index (χ4n) is 4.79. The quantitative estimate of drug-likeness (QED) is 0.519. The standard InChI is InChI=1S/C25H24N2O4S/c1-13-22-23(14-4-7-17(32-3)8-5-14)24-18(26-25(22)31-27-13)10-16(11-20(24)29)15-6-9-19(28)21(12-15)30-2/h4-9,12,16,23,26,28H,10-11H2,1-3H3/t16-,23+/m0/s1. The molecular weight excluding hydrogens is 424 g/mol. The normalized spacial score (nSPS) is 19.9. The fraction of sp³-hybridized carbons (Fsp3) is 0.280. The number of nitrogens with zero attached hydrogens (tertiary/aromatic N) is 1. The summed E-state index contributed by atoms with van der Waals surface area (Å²) >= 11 is 1.69. The number of rotatable bonds is 4. The molecule has 0 fully saturated rings. The van der Waals surface area contributed by atoms with Crippen molar-refractivity contribution in [2.24, 2.45) is 0 Å². The van der Waals surface area contributed by atoms with E-state index in [0.717, 1.165) is 33.7 Å². The van der Waals surface area contributed by atoms with Crippen LogP contribution in [0, 0.1) is 6.92 Å². The zero-order valence-electron chi connectivity index (χ0n) is 18.1. The van der Waals surface area contributed by atoms with E-state index in [-0.39, 0.29) is 23.4 Å². The maximum atomic E-state index is 13.5. The number of ketones is 1. The number of phenolic OH excluding ortho intramolecular Hbond substituents is 1. The molecule has 2 aliphatic rings. The summed E-state index contributed by atoms with van der Waals surface area (Å²) in [5.74, 6) is 0.994. The fourth-order valence-corrected chi connectivity index (χ4v) is 5.19. The number of fused-ring (bicyclic) bond motifs is 1. The minimum absolute atomic E-state index is 0.0201. The van der Waals surface area contributed by atoms with Gasteiger partial charge in [-0.3, -0.25) is 4.79 Å². The minimum atomic E-state index is -0.203. The number of nitrogens with one attached hydrogen (secondary N) is 1. The van der Waals surface area contributed by atoms with Crippen molar-refractivity contribution in [2.75, 3.05) is 18.7 Å². The van der Waals surface area contributed by atoms with Crippen LogP contribution in [0.5, 0.6) is 11.5 Å². The summed E-state index contributed by atoms with van der Waals surface area (Å²) in [6.45, 7) is 1.91. The summed E-state index contributed by atoms with van der Waals surface area (Å²) in [4.78, 5) is 14.7. The molecule has 5 rings (SSSR count). The van der Waals surface area contributed by atoms with Gasteiger partial charge in [-0.15, -0.1) is 11.8 Å². The summed E-state index contributed by atoms with van der Waals surface area (Å²) in [6.07, 6.45) is 3.10. The van der Waals surface area contributed by atoms with E-state index in [0.29, 0.717) is 24.5 Å². The number of Topliss-reactive ketones (excluding diaryl/α,β-unsaturated/α-hetero) is 1. The summed E-state index contributed by atoms with van der Waals surface area (Å²) < 4.78 is 10.9. The summed E-state index contributed by atoms with van der Waals surface area (Å²) in [5.41, 5.74) is 5.41. The molecule has 6 nitrogen and oxygen atoms in total. The molecule has 0 bridgehead atoms. The lowest BCUT2D eigenvalue weighted by Gasteiger charge is -2.34. The molecule has 7 heteroatoms. The molecule has 1 aromatic heterocycles. The van der Waals surface area contributed by atoms with E-state index in [1.807, 2.05) is 25.3 Å². The monoisotopic (exact) mass is 448 g/mol. The van der Waals surface area contributed by atoms with E-state index in [1.54, 1.807) is 17.8 Å². The second-order valence-electron chi connectivity index (χ2n) is 8.19. The molecule has 0 spiro atoms. The van der Waals surface area contributed by atoms with Crippen molar-refractivity contribution < 1.29 is 19.2 Å². The van der Waals surface area contributed by atoms with Crippen LogP contribution in [0.4, 0.5) is 5.88 Å². The molecule has 2 heterocycles. The zero-order valence-corrected chi connectivity index (χ0v) is 19.0. The summed E-state index contributed by atoms with van der Waals surface area (Å²) in [6, 6.07) is 13.6. The van der Waals surface area contributed by atoms with Gasteiger partial charge in [-0.2, -0.15) is 0 Å². The molecule has 2 aromatic carbocycles. The molecule has 0 amide bonds. The van der Waals surface area contributed by atoms with Crippen molar-refractivity contribution in [3.05, 3.63) is 76.1 Å².